The minimum Gasteiger partial charge on any atom is -0.457 e. The van der Waals surface area contributed by atoms with Crippen LogP contribution in [-0.2, 0) is 20.9 Å². The highest BCUT2D eigenvalue weighted by molar-refractivity contribution is 5.70. The number of aliphatic hydroxyl groups is 4. The Kier molecular flexibility index (Phi) is 8.58. The van der Waals surface area contributed by atoms with E-state index in [9.17, 15) is 9.59 Å². The predicted octanol–water partition coefficient (Wildman–Crippen LogP) is -0.995. The number of carbonyl (C=O) groups is 2. The summed E-state index contributed by atoms with van der Waals surface area (Å²) in [5.41, 5.74) is 0. The monoisotopic (exact) mass is 346 g/mol. The van der Waals surface area contributed by atoms with Gasteiger partial charge in [0.2, 0.25) is 0 Å². The van der Waals surface area contributed by atoms with Gasteiger partial charge in [-0.2, -0.15) is 0 Å². The highest BCUT2D eigenvalue weighted by Crippen LogP contribution is 2.20. The first kappa shape index (κ1) is 20.3. The average molecular weight is 346 g/mol. The lowest BCUT2D eigenvalue weighted by molar-refractivity contribution is -0.145. The molecule has 24 heavy (non-hydrogen) atoms. The molecule has 0 spiro atoms. The molecule has 0 saturated carbocycles. The van der Waals surface area contributed by atoms with Gasteiger partial charge in [0.05, 0.1) is 13.2 Å². The van der Waals surface area contributed by atoms with Crippen LogP contribution in [0.2, 0.25) is 0 Å². The molecular weight excluding hydrogens is 324 g/mol. The van der Waals surface area contributed by atoms with E-state index >= 15 is 0 Å². The van der Waals surface area contributed by atoms with Gasteiger partial charge in [-0.15, -0.1) is 0 Å². The zero-order valence-corrected chi connectivity index (χ0v) is 13.2. The highest BCUT2D eigenvalue weighted by atomic mass is 16.6. The number of esters is 1. The van der Waals surface area contributed by atoms with E-state index in [1.807, 2.05) is 0 Å². The number of aldehydes is 1. The molecule has 2 rings (SSSR count). The van der Waals surface area contributed by atoms with Crippen molar-refractivity contribution >= 4 is 12.3 Å². The number of furan rings is 1. The third-order valence-electron chi connectivity index (χ3n) is 3.28. The van der Waals surface area contributed by atoms with Crippen molar-refractivity contribution < 1.29 is 43.9 Å². The molecule has 0 unspecified atom stereocenters. The lowest BCUT2D eigenvalue weighted by atomic mass is 10.1. The summed E-state index contributed by atoms with van der Waals surface area (Å²) in [6.45, 7) is 1.09. The molecule has 1 saturated heterocycles. The van der Waals surface area contributed by atoms with E-state index in [0.717, 1.165) is 0 Å². The molecule has 136 valence electrons. The minimum atomic E-state index is -1.10. The zero-order chi connectivity index (χ0) is 18.1. The maximum absolute atomic E-state index is 10.7. The Labute approximate surface area is 138 Å². The molecule has 1 fully saturated rings. The topological polar surface area (TPSA) is 147 Å². The van der Waals surface area contributed by atoms with E-state index in [-0.39, 0.29) is 31.6 Å². The van der Waals surface area contributed by atoms with Crippen LogP contribution in [0.3, 0.4) is 0 Å². The first-order valence-electron chi connectivity index (χ1n) is 7.39. The van der Waals surface area contributed by atoms with Gasteiger partial charge in [-0.3, -0.25) is 9.59 Å². The summed E-state index contributed by atoms with van der Waals surface area (Å²) in [5, 5.41) is 35.4. The second kappa shape index (κ2) is 10.2. The number of rotatable bonds is 6. The number of hydrogen-bond acceptors (Lipinski definition) is 9. The Hall–Kier alpha value is -1.78. The first-order valence-corrected chi connectivity index (χ1v) is 7.39. The van der Waals surface area contributed by atoms with Crippen LogP contribution in [0, 0.1) is 0 Å². The normalized spacial score (nSPS) is 25.7. The van der Waals surface area contributed by atoms with Crippen molar-refractivity contribution in [3.8, 4) is 0 Å². The molecule has 0 aromatic carbocycles. The van der Waals surface area contributed by atoms with Gasteiger partial charge in [-0.1, -0.05) is 6.92 Å². The molecule has 0 radical (unpaired) electrons. The Bertz CT molecular complexity index is 495. The van der Waals surface area contributed by atoms with E-state index in [0.29, 0.717) is 18.5 Å². The fraction of sp³-hybridized carbons (Fsp3) is 0.600. The predicted molar refractivity (Wildman–Crippen MR) is 79.0 cm³/mol. The molecule has 2 heterocycles. The molecule has 4 N–H and O–H groups in total. The van der Waals surface area contributed by atoms with E-state index in [2.05, 4.69) is 0 Å². The smallest absolute Gasteiger partial charge is 0.305 e. The molecular formula is C15H22O9. The van der Waals surface area contributed by atoms with E-state index in [4.69, 9.17) is 34.3 Å². The second-order valence-corrected chi connectivity index (χ2v) is 5.00. The number of carbonyl (C=O) groups excluding carboxylic acids is 2. The molecule has 9 nitrogen and oxygen atoms in total. The summed E-state index contributed by atoms with van der Waals surface area (Å²) in [7, 11) is 0. The first-order chi connectivity index (χ1) is 11.5. The third kappa shape index (κ3) is 5.69. The fourth-order valence-electron chi connectivity index (χ4n) is 1.92. The maximum Gasteiger partial charge on any atom is 0.305 e. The number of hydrogen-bond donors (Lipinski definition) is 4. The van der Waals surface area contributed by atoms with Crippen molar-refractivity contribution in [2.45, 2.75) is 44.4 Å². The van der Waals surface area contributed by atoms with Crippen molar-refractivity contribution in [1.82, 2.24) is 0 Å². The summed E-state index contributed by atoms with van der Waals surface area (Å²) in [4.78, 5) is 20.9. The molecule has 4 atom stereocenters. The lowest BCUT2D eigenvalue weighted by Crippen LogP contribution is -2.34. The van der Waals surface area contributed by atoms with E-state index in [1.165, 1.54) is 6.07 Å². The summed E-state index contributed by atoms with van der Waals surface area (Å²) >= 11 is 0. The maximum atomic E-state index is 10.7. The van der Waals surface area contributed by atoms with Crippen molar-refractivity contribution in [1.29, 1.82) is 0 Å². The minimum absolute atomic E-state index is 0.0838. The Morgan fingerprint density at radius 1 is 1.21 bits per heavy atom. The van der Waals surface area contributed by atoms with Crippen LogP contribution in [0.4, 0.5) is 0 Å². The van der Waals surface area contributed by atoms with E-state index in [1.54, 1.807) is 13.0 Å². The van der Waals surface area contributed by atoms with Crippen LogP contribution >= 0.6 is 0 Å². The van der Waals surface area contributed by atoms with Gasteiger partial charge in [-0.25, -0.2) is 0 Å². The van der Waals surface area contributed by atoms with Crippen LogP contribution in [0.15, 0.2) is 16.5 Å². The summed E-state index contributed by atoms with van der Waals surface area (Å²) in [5.74, 6) is 0.426. The molecule has 0 bridgehead atoms. The average Bonchev–Trinajstić information content (AvgIpc) is 3.18. The molecule has 0 aliphatic carbocycles. The van der Waals surface area contributed by atoms with Crippen LogP contribution in [-0.4, -0.2) is 70.3 Å². The second-order valence-electron chi connectivity index (χ2n) is 5.00. The third-order valence-corrected chi connectivity index (χ3v) is 3.28. The number of ether oxygens (including phenoxy) is 2. The van der Waals surface area contributed by atoms with E-state index < -0.39 is 24.4 Å². The molecule has 1 aliphatic heterocycles. The fourth-order valence-corrected chi connectivity index (χ4v) is 1.92. The van der Waals surface area contributed by atoms with Crippen molar-refractivity contribution in [3.05, 3.63) is 23.7 Å². The Morgan fingerprint density at radius 3 is 2.17 bits per heavy atom. The van der Waals surface area contributed by atoms with Gasteiger partial charge in [0.25, 0.3) is 0 Å². The van der Waals surface area contributed by atoms with Crippen molar-refractivity contribution in [2.75, 3.05) is 13.2 Å². The largest absolute Gasteiger partial charge is 0.457 e. The van der Waals surface area contributed by atoms with Crippen molar-refractivity contribution in [3.63, 3.8) is 0 Å². The van der Waals surface area contributed by atoms with Crippen LogP contribution < -0.4 is 0 Å². The van der Waals surface area contributed by atoms with Gasteiger partial charge in [-0.05, 0) is 12.1 Å². The van der Waals surface area contributed by atoms with Crippen LogP contribution in [0.25, 0.3) is 0 Å². The summed E-state index contributed by atoms with van der Waals surface area (Å²) in [6, 6.07) is 3.13. The molecule has 9 heteroatoms. The quantitative estimate of drug-likeness (QED) is 0.376. The molecule has 1 aliphatic rings. The van der Waals surface area contributed by atoms with Gasteiger partial charge in [0.15, 0.2) is 12.0 Å². The highest BCUT2D eigenvalue weighted by Gasteiger charge is 2.41. The lowest BCUT2D eigenvalue weighted by Gasteiger charge is -2.10. The number of aliphatic hydroxyl groups excluding tert-OH is 4. The summed E-state index contributed by atoms with van der Waals surface area (Å²) < 4.78 is 14.7. The standard InChI is InChI=1S/C9H10O4.C6H12O5/c1-2-9(11)12-6-8-4-3-7(5-10)13-8;7-1-3-5(9)6(10)4(2-8)11-3/h3-5H,2,6H2,1H3;3-10H,1-2H2/t;3-,4+,5+,6-. The van der Waals surface area contributed by atoms with Gasteiger partial charge >= 0.3 is 5.97 Å². The Balaban J connectivity index is 0.000000243. The molecule has 0 amide bonds. The SMILES string of the molecule is CCC(=O)OCc1ccc(C=O)o1.OC[C@@H]1O[C@H](CO)[C@H](O)[C@@H]1O. The zero-order valence-electron chi connectivity index (χ0n) is 13.2. The van der Waals surface area contributed by atoms with Gasteiger partial charge < -0.3 is 34.3 Å². The van der Waals surface area contributed by atoms with Crippen LogP contribution in [0.5, 0.6) is 0 Å². The summed E-state index contributed by atoms with van der Waals surface area (Å²) in [6.07, 6.45) is -2.81. The van der Waals surface area contributed by atoms with Gasteiger partial charge in [0.1, 0.15) is 36.8 Å². The van der Waals surface area contributed by atoms with Crippen LogP contribution in [0.1, 0.15) is 29.7 Å². The van der Waals surface area contributed by atoms with Crippen molar-refractivity contribution in [2.24, 2.45) is 0 Å². The van der Waals surface area contributed by atoms with Gasteiger partial charge in [0, 0.05) is 6.42 Å². The molecule has 1 aromatic heterocycles. The Morgan fingerprint density at radius 2 is 1.79 bits per heavy atom. The molecule has 1 aromatic rings.